The van der Waals surface area contributed by atoms with Crippen molar-refractivity contribution in [1.82, 2.24) is 10.3 Å². The van der Waals surface area contributed by atoms with Gasteiger partial charge in [0.05, 0.1) is 6.54 Å². The molecule has 0 radical (unpaired) electrons. The van der Waals surface area contributed by atoms with Crippen LogP contribution in [0.5, 0.6) is 0 Å². The van der Waals surface area contributed by atoms with Crippen LogP contribution in [-0.4, -0.2) is 23.5 Å². The van der Waals surface area contributed by atoms with Crippen LogP contribution in [0.15, 0.2) is 18.2 Å². The molecule has 1 fully saturated rings. The second-order valence-corrected chi connectivity index (χ2v) is 4.64. The third-order valence-electron chi connectivity index (χ3n) is 2.89. The molecule has 2 rings (SSSR count). The van der Waals surface area contributed by atoms with Crippen molar-refractivity contribution in [2.45, 2.75) is 31.7 Å². The monoisotopic (exact) mass is 253 g/mol. The van der Waals surface area contributed by atoms with Gasteiger partial charge >= 0.3 is 0 Å². The van der Waals surface area contributed by atoms with Crippen molar-refractivity contribution in [3.05, 3.63) is 23.4 Å². The van der Waals surface area contributed by atoms with Crippen LogP contribution in [-0.2, 0) is 4.79 Å². The molecule has 0 saturated heterocycles. The van der Waals surface area contributed by atoms with E-state index in [4.69, 9.17) is 11.6 Å². The second kappa shape index (κ2) is 5.98. The van der Waals surface area contributed by atoms with Crippen molar-refractivity contribution in [2.24, 2.45) is 0 Å². The smallest absolute Gasteiger partial charge is 0.239 e. The number of anilines is 1. The quantitative estimate of drug-likeness (QED) is 0.809. The molecule has 0 aromatic carbocycles. The first-order chi connectivity index (χ1) is 8.24. The van der Waals surface area contributed by atoms with Gasteiger partial charge in [-0.3, -0.25) is 4.79 Å². The van der Waals surface area contributed by atoms with Crippen molar-refractivity contribution >= 4 is 23.3 Å². The van der Waals surface area contributed by atoms with Crippen LogP contribution >= 0.6 is 11.6 Å². The number of hydrogen-bond donors (Lipinski definition) is 2. The summed E-state index contributed by atoms with van der Waals surface area (Å²) in [4.78, 5) is 15.6. The van der Waals surface area contributed by atoms with E-state index in [2.05, 4.69) is 15.6 Å². The molecule has 4 nitrogen and oxygen atoms in total. The van der Waals surface area contributed by atoms with Gasteiger partial charge in [-0.1, -0.05) is 30.5 Å². The number of halogens is 1. The lowest BCUT2D eigenvalue weighted by molar-refractivity contribution is -0.115. The van der Waals surface area contributed by atoms with Gasteiger partial charge in [0.25, 0.3) is 0 Å². The molecular weight excluding hydrogens is 238 g/mol. The first kappa shape index (κ1) is 12.3. The highest BCUT2D eigenvalue weighted by molar-refractivity contribution is 6.29. The summed E-state index contributed by atoms with van der Waals surface area (Å²) in [7, 11) is 0. The zero-order valence-corrected chi connectivity index (χ0v) is 10.3. The Labute approximate surface area is 106 Å². The zero-order chi connectivity index (χ0) is 12.1. The molecule has 1 aromatic rings. The molecule has 0 atom stereocenters. The molecule has 92 valence electrons. The summed E-state index contributed by atoms with van der Waals surface area (Å²) < 4.78 is 0. The van der Waals surface area contributed by atoms with Gasteiger partial charge in [-0.15, -0.1) is 0 Å². The fourth-order valence-corrected chi connectivity index (χ4v) is 2.20. The van der Waals surface area contributed by atoms with Gasteiger partial charge in [0.15, 0.2) is 0 Å². The normalized spacial score (nSPS) is 16.1. The molecule has 1 saturated carbocycles. The maximum atomic E-state index is 11.6. The number of pyridine rings is 1. The predicted molar refractivity (Wildman–Crippen MR) is 68.1 cm³/mol. The number of hydrogen-bond acceptors (Lipinski definition) is 3. The molecule has 1 aliphatic rings. The standard InChI is InChI=1S/C12H16ClN3O/c13-10-6-3-7-11(15-10)16-12(17)8-14-9-4-1-2-5-9/h3,6-7,9,14H,1-2,4-5,8H2,(H,15,16,17). The number of rotatable bonds is 4. The minimum atomic E-state index is -0.0772. The van der Waals surface area contributed by atoms with Crippen LogP contribution < -0.4 is 10.6 Å². The van der Waals surface area contributed by atoms with E-state index in [0.29, 0.717) is 23.6 Å². The maximum absolute atomic E-state index is 11.6. The van der Waals surface area contributed by atoms with E-state index >= 15 is 0 Å². The topological polar surface area (TPSA) is 54.0 Å². The SMILES string of the molecule is O=C(CNC1CCCC1)Nc1cccc(Cl)n1. The van der Waals surface area contributed by atoms with E-state index in [1.54, 1.807) is 18.2 Å². The van der Waals surface area contributed by atoms with E-state index < -0.39 is 0 Å². The van der Waals surface area contributed by atoms with Crippen LogP contribution in [0.3, 0.4) is 0 Å². The first-order valence-electron chi connectivity index (χ1n) is 5.90. The highest BCUT2D eigenvalue weighted by Crippen LogP contribution is 2.17. The Bertz CT molecular complexity index is 391. The average molecular weight is 254 g/mol. The number of aromatic nitrogens is 1. The van der Waals surface area contributed by atoms with E-state index in [0.717, 1.165) is 0 Å². The van der Waals surface area contributed by atoms with Gasteiger partial charge in [-0.2, -0.15) is 0 Å². The van der Waals surface area contributed by atoms with Crippen molar-refractivity contribution in [2.75, 3.05) is 11.9 Å². The Morgan fingerprint density at radius 3 is 2.88 bits per heavy atom. The molecular formula is C12H16ClN3O. The predicted octanol–water partition coefficient (Wildman–Crippen LogP) is 2.21. The summed E-state index contributed by atoms with van der Waals surface area (Å²) in [5, 5.41) is 6.33. The van der Waals surface area contributed by atoms with E-state index in [1.807, 2.05) is 0 Å². The number of carbonyl (C=O) groups excluding carboxylic acids is 1. The van der Waals surface area contributed by atoms with Gasteiger partial charge in [-0.25, -0.2) is 4.98 Å². The highest BCUT2D eigenvalue weighted by atomic mass is 35.5. The highest BCUT2D eigenvalue weighted by Gasteiger charge is 2.15. The zero-order valence-electron chi connectivity index (χ0n) is 9.58. The van der Waals surface area contributed by atoms with Crippen LogP contribution in [0.2, 0.25) is 5.15 Å². The number of nitrogens with one attached hydrogen (secondary N) is 2. The van der Waals surface area contributed by atoms with Crippen LogP contribution in [0.1, 0.15) is 25.7 Å². The minimum absolute atomic E-state index is 0.0772. The summed E-state index contributed by atoms with van der Waals surface area (Å²) >= 11 is 5.73. The fourth-order valence-electron chi connectivity index (χ4n) is 2.03. The summed E-state index contributed by atoms with van der Waals surface area (Å²) in [5.74, 6) is 0.419. The molecule has 17 heavy (non-hydrogen) atoms. The van der Waals surface area contributed by atoms with E-state index in [-0.39, 0.29) is 5.91 Å². The number of amides is 1. The third kappa shape index (κ3) is 3.98. The first-order valence-corrected chi connectivity index (χ1v) is 6.27. The van der Waals surface area contributed by atoms with Gasteiger partial charge in [0, 0.05) is 6.04 Å². The Balaban J connectivity index is 1.76. The Morgan fingerprint density at radius 1 is 1.41 bits per heavy atom. The van der Waals surface area contributed by atoms with Crippen molar-refractivity contribution < 1.29 is 4.79 Å². The molecule has 1 amide bonds. The Kier molecular flexibility index (Phi) is 4.34. The molecule has 1 aliphatic carbocycles. The number of nitrogens with zero attached hydrogens (tertiary/aromatic N) is 1. The largest absolute Gasteiger partial charge is 0.310 e. The minimum Gasteiger partial charge on any atom is -0.310 e. The van der Waals surface area contributed by atoms with Crippen molar-refractivity contribution in [1.29, 1.82) is 0 Å². The Morgan fingerprint density at radius 2 is 2.18 bits per heavy atom. The van der Waals surface area contributed by atoms with E-state index in [1.165, 1.54) is 25.7 Å². The Hall–Kier alpha value is -1.13. The number of carbonyl (C=O) groups is 1. The van der Waals surface area contributed by atoms with Crippen LogP contribution in [0.25, 0.3) is 0 Å². The van der Waals surface area contributed by atoms with Crippen LogP contribution in [0, 0.1) is 0 Å². The van der Waals surface area contributed by atoms with Crippen molar-refractivity contribution in [3.8, 4) is 0 Å². The van der Waals surface area contributed by atoms with Gasteiger partial charge in [0.1, 0.15) is 11.0 Å². The summed E-state index contributed by atoms with van der Waals surface area (Å²) in [6.07, 6.45) is 4.86. The second-order valence-electron chi connectivity index (χ2n) is 4.26. The molecule has 1 aromatic heterocycles. The molecule has 1 heterocycles. The lowest BCUT2D eigenvalue weighted by Crippen LogP contribution is -2.34. The summed E-state index contributed by atoms with van der Waals surface area (Å²) in [5.41, 5.74) is 0. The summed E-state index contributed by atoms with van der Waals surface area (Å²) in [6, 6.07) is 5.65. The fraction of sp³-hybridized carbons (Fsp3) is 0.500. The average Bonchev–Trinajstić information content (AvgIpc) is 2.79. The molecule has 0 spiro atoms. The third-order valence-corrected chi connectivity index (χ3v) is 3.10. The molecule has 0 unspecified atom stereocenters. The summed E-state index contributed by atoms with van der Waals surface area (Å²) in [6.45, 7) is 0.332. The molecule has 0 aliphatic heterocycles. The maximum Gasteiger partial charge on any atom is 0.239 e. The van der Waals surface area contributed by atoms with Gasteiger partial charge in [-0.05, 0) is 25.0 Å². The van der Waals surface area contributed by atoms with E-state index in [9.17, 15) is 4.79 Å². The van der Waals surface area contributed by atoms with Crippen LogP contribution in [0.4, 0.5) is 5.82 Å². The lowest BCUT2D eigenvalue weighted by atomic mass is 10.2. The molecule has 0 bridgehead atoms. The van der Waals surface area contributed by atoms with Crippen molar-refractivity contribution in [3.63, 3.8) is 0 Å². The molecule has 5 heteroatoms. The van der Waals surface area contributed by atoms with Gasteiger partial charge < -0.3 is 10.6 Å². The van der Waals surface area contributed by atoms with Gasteiger partial charge in [0.2, 0.25) is 5.91 Å². The lowest BCUT2D eigenvalue weighted by Gasteiger charge is -2.11. The molecule has 2 N–H and O–H groups in total.